The van der Waals surface area contributed by atoms with Gasteiger partial charge in [0.25, 0.3) is 0 Å². The van der Waals surface area contributed by atoms with Gasteiger partial charge in [-0.2, -0.15) is 0 Å². The Kier molecular flexibility index (Phi) is 4.76. The Labute approximate surface area is 110 Å². The van der Waals surface area contributed by atoms with Crippen LogP contribution in [0.15, 0.2) is 36.0 Å². The van der Waals surface area contributed by atoms with Gasteiger partial charge in [0, 0.05) is 13.1 Å². The first-order valence-corrected chi connectivity index (χ1v) is 6.30. The van der Waals surface area contributed by atoms with Crippen LogP contribution in [0.25, 0.3) is 0 Å². The Morgan fingerprint density at radius 1 is 1.50 bits per heavy atom. The van der Waals surface area contributed by atoms with Crippen molar-refractivity contribution in [3.8, 4) is 0 Å². The Hall–Kier alpha value is -1.51. The maximum absolute atomic E-state index is 11.9. The number of carbonyl (C=O) groups is 1. The lowest BCUT2D eigenvalue weighted by Crippen LogP contribution is -2.39. The van der Waals surface area contributed by atoms with Crippen LogP contribution in [0.2, 0.25) is 0 Å². The highest BCUT2D eigenvalue weighted by molar-refractivity contribution is 5.68. The molecule has 18 heavy (non-hydrogen) atoms. The Bertz CT molecular complexity index is 386. The normalized spacial score (nSPS) is 17.2. The van der Waals surface area contributed by atoms with Crippen LogP contribution in [0, 0.1) is 0 Å². The average Bonchev–Trinajstić information content (AvgIpc) is 2.27. The van der Waals surface area contributed by atoms with Crippen LogP contribution in [0.3, 0.4) is 0 Å². The zero-order valence-electron chi connectivity index (χ0n) is 11.8. The molecule has 1 heterocycles. The predicted octanol–water partition coefficient (Wildman–Crippen LogP) is 3.69. The third-order valence-electron chi connectivity index (χ3n) is 2.74. The molecule has 3 nitrogen and oxygen atoms in total. The van der Waals surface area contributed by atoms with E-state index in [9.17, 15) is 4.79 Å². The zero-order valence-corrected chi connectivity index (χ0v) is 11.8. The lowest BCUT2D eigenvalue weighted by Gasteiger charge is -2.29. The molecule has 3 heteroatoms. The number of hydrogen-bond donors (Lipinski definition) is 0. The topological polar surface area (TPSA) is 29.5 Å². The van der Waals surface area contributed by atoms with E-state index in [1.54, 1.807) is 11.0 Å². The molecule has 0 aliphatic carbocycles. The van der Waals surface area contributed by atoms with E-state index >= 15 is 0 Å². The molecule has 100 valence electrons. The first-order valence-electron chi connectivity index (χ1n) is 6.30. The van der Waals surface area contributed by atoms with Gasteiger partial charge in [0.15, 0.2) is 0 Å². The lowest BCUT2D eigenvalue weighted by molar-refractivity contribution is 0.0266. The summed E-state index contributed by atoms with van der Waals surface area (Å²) in [6.07, 6.45) is 6.51. The van der Waals surface area contributed by atoms with Gasteiger partial charge in [-0.3, -0.25) is 0 Å². The highest BCUT2D eigenvalue weighted by Crippen LogP contribution is 2.20. The van der Waals surface area contributed by atoms with Crippen LogP contribution in [0.1, 0.15) is 34.1 Å². The van der Waals surface area contributed by atoms with Crippen molar-refractivity contribution in [3.63, 3.8) is 0 Å². The van der Waals surface area contributed by atoms with E-state index in [2.05, 4.69) is 19.6 Å². The summed E-state index contributed by atoms with van der Waals surface area (Å²) in [6.45, 7) is 12.7. The van der Waals surface area contributed by atoms with E-state index in [-0.39, 0.29) is 6.09 Å². The molecule has 0 radical (unpaired) electrons. The van der Waals surface area contributed by atoms with Crippen molar-refractivity contribution in [2.75, 3.05) is 13.1 Å². The van der Waals surface area contributed by atoms with Crippen molar-refractivity contribution in [2.24, 2.45) is 0 Å². The second-order valence-electron chi connectivity index (χ2n) is 5.49. The maximum atomic E-state index is 11.9. The van der Waals surface area contributed by atoms with E-state index < -0.39 is 5.60 Å². The molecule has 0 unspecified atom stereocenters. The van der Waals surface area contributed by atoms with Crippen molar-refractivity contribution >= 4 is 6.09 Å². The van der Waals surface area contributed by atoms with Gasteiger partial charge in [-0.15, -0.1) is 0 Å². The maximum Gasteiger partial charge on any atom is 0.410 e. The molecule has 0 fully saturated rings. The van der Waals surface area contributed by atoms with Crippen molar-refractivity contribution in [3.05, 3.63) is 36.0 Å². The summed E-state index contributed by atoms with van der Waals surface area (Å²) in [6, 6.07) is 0. The molecule has 0 bridgehead atoms. The van der Waals surface area contributed by atoms with Gasteiger partial charge in [0.05, 0.1) is 0 Å². The smallest absolute Gasteiger partial charge is 0.410 e. The van der Waals surface area contributed by atoms with E-state index in [1.807, 2.05) is 26.8 Å². The molecule has 1 aliphatic rings. The molecule has 1 amide bonds. The van der Waals surface area contributed by atoms with Gasteiger partial charge >= 0.3 is 6.09 Å². The van der Waals surface area contributed by atoms with Crippen molar-refractivity contribution in [2.45, 2.75) is 39.7 Å². The molecule has 1 aliphatic heterocycles. The number of amides is 1. The quantitative estimate of drug-likeness (QED) is 0.699. The number of ether oxygens (including phenoxy) is 1. The molecule has 0 atom stereocenters. The van der Waals surface area contributed by atoms with Gasteiger partial charge in [0.2, 0.25) is 0 Å². The van der Waals surface area contributed by atoms with Crippen LogP contribution in [-0.2, 0) is 4.74 Å². The van der Waals surface area contributed by atoms with Gasteiger partial charge in [-0.1, -0.05) is 24.8 Å². The Balaban J connectivity index is 2.60. The van der Waals surface area contributed by atoms with Gasteiger partial charge in [0.1, 0.15) is 5.60 Å². The van der Waals surface area contributed by atoms with Crippen LogP contribution >= 0.6 is 0 Å². The standard InChI is InChI=1S/C15H23NO2/c1-6-7-12(2)13-8-10-16(11-9-13)14(17)18-15(3,4)5/h6-8H,1,9-11H2,2-5H3/b12-7+. The minimum absolute atomic E-state index is 0.233. The van der Waals surface area contributed by atoms with Crippen molar-refractivity contribution in [1.82, 2.24) is 4.90 Å². The molecule has 0 aromatic carbocycles. The van der Waals surface area contributed by atoms with E-state index in [0.29, 0.717) is 13.1 Å². The number of carbonyl (C=O) groups excluding carboxylic acids is 1. The minimum Gasteiger partial charge on any atom is -0.444 e. The van der Waals surface area contributed by atoms with Crippen LogP contribution in [0.5, 0.6) is 0 Å². The molecule has 0 aromatic heterocycles. The number of allylic oxidation sites excluding steroid dienone is 3. The molecule has 0 spiro atoms. The Morgan fingerprint density at radius 3 is 2.61 bits per heavy atom. The number of nitrogens with zero attached hydrogens (tertiary/aromatic N) is 1. The van der Waals surface area contributed by atoms with E-state index in [1.165, 1.54) is 11.1 Å². The minimum atomic E-state index is -0.431. The first-order chi connectivity index (χ1) is 8.33. The Morgan fingerprint density at radius 2 is 2.17 bits per heavy atom. The summed E-state index contributed by atoms with van der Waals surface area (Å²) in [5, 5.41) is 0. The van der Waals surface area contributed by atoms with Crippen molar-refractivity contribution in [1.29, 1.82) is 0 Å². The van der Waals surface area contributed by atoms with Gasteiger partial charge in [-0.05, 0) is 45.3 Å². The summed E-state index contributed by atoms with van der Waals surface area (Å²) in [4.78, 5) is 13.6. The van der Waals surface area contributed by atoms with Crippen molar-refractivity contribution < 1.29 is 9.53 Å². The first kappa shape index (κ1) is 14.6. The molecular weight excluding hydrogens is 226 g/mol. The van der Waals surface area contributed by atoms with Crippen LogP contribution < -0.4 is 0 Å². The summed E-state index contributed by atoms with van der Waals surface area (Å²) >= 11 is 0. The SMILES string of the molecule is C=C/C=C(\C)C1=CCN(C(=O)OC(C)(C)C)CC1. The molecule has 0 saturated heterocycles. The summed E-state index contributed by atoms with van der Waals surface area (Å²) in [5.74, 6) is 0. The highest BCUT2D eigenvalue weighted by atomic mass is 16.6. The summed E-state index contributed by atoms with van der Waals surface area (Å²) in [5.41, 5.74) is 2.07. The van der Waals surface area contributed by atoms with E-state index in [4.69, 9.17) is 4.74 Å². The monoisotopic (exact) mass is 249 g/mol. The number of rotatable bonds is 2. The summed E-state index contributed by atoms with van der Waals surface area (Å²) < 4.78 is 5.35. The molecule has 0 saturated carbocycles. The van der Waals surface area contributed by atoms with Crippen LogP contribution in [-0.4, -0.2) is 29.7 Å². The third kappa shape index (κ3) is 4.40. The molecule has 0 N–H and O–H groups in total. The van der Waals surface area contributed by atoms with E-state index in [0.717, 1.165) is 6.42 Å². The highest BCUT2D eigenvalue weighted by Gasteiger charge is 2.23. The van der Waals surface area contributed by atoms with Gasteiger partial charge in [-0.25, -0.2) is 4.79 Å². The second kappa shape index (κ2) is 5.89. The fraction of sp³-hybridized carbons (Fsp3) is 0.533. The van der Waals surface area contributed by atoms with Gasteiger partial charge < -0.3 is 9.64 Å². The predicted molar refractivity (Wildman–Crippen MR) is 74.5 cm³/mol. The molecule has 1 rings (SSSR count). The second-order valence-corrected chi connectivity index (χ2v) is 5.49. The molecular formula is C15H23NO2. The summed E-state index contributed by atoms with van der Waals surface area (Å²) in [7, 11) is 0. The fourth-order valence-electron chi connectivity index (χ4n) is 1.80. The molecule has 0 aromatic rings. The third-order valence-corrected chi connectivity index (χ3v) is 2.74. The zero-order chi connectivity index (χ0) is 13.8. The fourth-order valence-corrected chi connectivity index (χ4v) is 1.80. The number of hydrogen-bond acceptors (Lipinski definition) is 2. The average molecular weight is 249 g/mol. The van der Waals surface area contributed by atoms with Crippen LogP contribution in [0.4, 0.5) is 4.79 Å². The largest absolute Gasteiger partial charge is 0.444 e. The lowest BCUT2D eigenvalue weighted by atomic mass is 10.0.